The van der Waals surface area contributed by atoms with Crippen LogP contribution < -0.4 is 10.6 Å². The lowest BCUT2D eigenvalue weighted by atomic mass is 9.87. The smallest absolute Gasteiger partial charge is 0.223 e. The van der Waals surface area contributed by atoms with Crippen LogP contribution in [-0.2, 0) is 22.4 Å². The van der Waals surface area contributed by atoms with Crippen molar-refractivity contribution in [2.24, 2.45) is 5.92 Å². The maximum absolute atomic E-state index is 12.7. The molecule has 0 bridgehead atoms. The molecule has 3 heterocycles. The van der Waals surface area contributed by atoms with E-state index in [-0.39, 0.29) is 17.7 Å². The minimum absolute atomic E-state index is 0.000183. The molecule has 9 nitrogen and oxygen atoms in total. The van der Waals surface area contributed by atoms with E-state index in [4.69, 9.17) is 11.6 Å². The van der Waals surface area contributed by atoms with Gasteiger partial charge in [-0.15, -0.1) is 16.4 Å². The molecule has 2 amide bonds. The molecule has 0 radical (unpaired) electrons. The van der Waals surface area contributed by atoms with Crippen molar-refractivity contribution < 1.29 is 9.59 Å². The Morgan fingerprint density at radius 3 is 2.94 bits per heavy atom. The number of amides is 2. The zero-order valence-corrected chi connectivity index (χ0v) is 21.0. The Balaban J connectivity index is 1.35. The molecular weight excluding hydrogens is 494 g/mol. The maximum Gasteiger partial charge on any atom is 0.223 e. The van der Waals surface area contributed by atoms with Crippen LogP contribution in [0.2, 0.25) is 5.02 Å². The van der Waals surface area contributed by atoms with Gasteiger partial charge < -0.3 is 15.5 Å². The second kappa shape index (κ2) is 9.40. The number of benzene rings is 1. The van der Waals surface area contributed by atoms with Gasteiger partial charge in [0, 0.05) is 37.9 Å². The lowest BCUT2D eigenvalue weighted by Gasteiger charge is -2.22. The highest BCUT2D eigenvalue weighted by Crippen LogP contribution is 2.41. The van der Waals surface area contributed by atoms with Gasteiger partial charge in [-0.2, -0.15) is 0 Å². The molecule has 0 aliphatic heterocycles. The average Bonchev–Trinajstić information content (AvgIpc) is 3.42. The van der Waals surface area contributed by atoms with Gasteiger partial charge in [-0.1, -0.05) is 16.1 Å². The van der Waals surface area contributed by atoms with Gasteiger partial charge in [-0.25, -0.2) is 9.97 Å². The summed E-state index contributed by atoms with van der Waals surface area (Å²) in [6.07, 6.45) is 4.00. The Kier molecular flexibility index (Phi) is 6.32. The van der Waals surface area contributed by atoms with Gasteiger partial charge in [0.2, 0.25) is 11.8 Å². The molecule has 1 aromatic carbocycles. The molecule has 12 heteroatoms. The Hall–Kier alpha value is -2.89. The lowest BCUT2D eigenvalue weighted by molar-refractivity contribution is -0.129. The molecule has 0 unspecified atom stereocenters. The van der Waals surface area contributed by atoms with Crippen molar-refractivity contribution >= 4 is 78.2 Å². The molecule has 1 aliphatic carbocycles. The second-order valence-corrected chi connectivity index (χ2v) is 10.6. The predicted molar refractivity (Wildman–Crippen MR) is 135 cm³/mol. The van der Waals surface area contributed by atoms with Gasteiger partial charge in [0.25, 0.3) is 0 Å². The number of hydrogen-bond acceptors (Lipinski definition) is 9. The number of aryl methyl sites for hydroxylation is 1. The van der Waals surface area contributed by atoms with Crippen LogP contribution in [0.1, 0.15) is 23.3 Å². The van der Waals surface area contributed by atoms with E-state index in [0.717, 1.165) is 43.8 Å². The van der Waals surface area contributed by atoms with E-state index in [0.29, 0.717) is 30.2 Å². The third-order valence-corrected chi connectivity index (χ3v) is 8.10. The van der Waals surface area contributed by atoms with Crippen molar-refractivity contribution in [3.63, 3.8) is 0 Å². The van der Waals surface area contributed by atoms with Crippen LogP contribution in [0.15, 0.2) is 18.5 Å². The highest BCUT2D eigenvalue weighted by molar-refractivity contribution is 7.19. The SMILES string of the molecule is CN(C)C(=O)CCNC(=O)[C@H]1CCc2c(sc3ncnc(Nc4cc5snnc5cc4Cl)c23)C1. The van der Waals surface area contributed by atoms with Crippen LogP contribution in [0.4, 0.5) is 11.5 Å². The van der Waals surface area contributed by atoms with Gasteiger partial charge in [0.15, 0.2) is 0 Å². The van der Waals surface area contributed by atoms with E-state index in [1.54, 1.807) is 37.8 Å². The molecule has 0 saturated carbocycles. The topological polar surface area (TPSA) is 113 Å². The zero-order valence-electron chi connectivity index (χ0n) is 18.6. The number of hydrogen-bond donors (Lipinski definition) is 2. The van der Waals surface area contributed by atoms with Crippen molar-refractivity contribution in [2.75, 3.05) is 26.0 Å². The Bertz CT molecular complexity index is 1400. The number of anilines is 2. The summed E-state index contributed by atoms with van der Waals surface area (Å²) in [5, 5.41) is 11.9. The van der Waals surface area contributed by atoms with E-state index in [1.807, 2.05) is 6.07 Å². The van der Waals surface area contributed by atoms with E-state index in [9.17, 15) is 9.59 Å². The first-order valence-electron chi connectivity index (χ1n) is 10.8. The summed E-state index contributed by atoms with van der Waals surface area (Å²) in [6, 6.07) is 3.72. The van der Waals surface area contributed by atoms with Gasteiger partial charge in [-0.3, -0.25) is 9.59 Å². The Labute approximate surface area is 208 Å². The van der Waals surface area contributed by atoms with E-state index in [2.05, 4.69) is 30.2 Å². The summed E-state index contributed by atoms with van der Waals surface area (Å²) in [5.74, 6) is 0.582. The number of aromatic nitrogens is 4. The summed E-state index contributed by atoms with van der Waals surface area (Å²) < 4.78 is 4.91. The number of carbonyl (C=O) groups excluding carboxylic acids is 2. The Morgan fingerprint density at radius 1 is 1.26 bits per heavy atom. The Morgan fingerprint density at radius 2 is 2.12 bits per heavy atom. The van der Waals surface area contributed by atoms with Crippen molar-refractivity contribution in [1.29, 1.82) is 0 Å². The third kappa shape index (κ3) is 4.42. The molecule has 5 rings (SSSR count). The molecule has 4 aromatic rings. The van der Waals surface area contributed by atoms with Gasteiger partial charge in [0.1, 0.15) is 22.5 Å². The average molecular weight is 516 g/mol. The van der Waals surface area contributed by atoms with Crippen LogP contribution >= 0.6 is 34.5 Å². The van der Waals surface area contributed by atoms with Crippen LogP contribution in [0.3, 0.4) is 0 Å². The third-order valence-electron chi connectivity index (χ3n) is 5.94. The van der Waals surface area contributed by atoms with E-state index >= 15 is 0 Å². The number of rotatable bonds is 6. The standard InChI is InChI=1S/C22H22ClN7O2S2/c1-30(2)18(31)5-6-24-21(32)11-3-4-12-16(7-11)33-22-19(12)20(25-10-26-22)27-14-9-17-15(8-13(14)23)28-29-34-17/h8-11H,3-7H2,1-2H3,(H,24,32)(H,25,26,27)/t11-/m0/s1. The number of nitrogens with one attached hydrogen (secondary N) is 2. The molecule has 0 saturated heterocycles. The van der Waals surface area contributed by atoms with Gasteiger partial charge in [0.05, 0.1) is 20.8 Å². The summed E-state index contributed by atoms with van der Waals surface area (Å²) in [7, 11) is 3.42. The van der Waals surface area contributed by atoms with Crippen LogP contribution in [0, 0.1) is 5.92 Å². The second-order valence-electron chi connectivity index (χ2n) is 8.37. The number of thiophene rings is 1. The van der Waals surface area contributed by atoms with Crippen LogP contribution in [-0.4, -0.2) is 56.9 Å². The minimum Gasteiger partial charge on any atom is -0.355 e. The molecule has 1 atom stereocenters. The highest BCUT2D eigenvalue weighted by atomic mass is 35.5. The first-order chi connectivity index (χ1) is 16.4. The molecule has 1 aliphatic rings. The predicted octanol–water partition coefficient (Wildman–Crippen LogP) is 3.79. The zero-order chi connectivity index (χ0) is 23.8. The van der Waals surface area contributed by atoms with Crippen LogP contribution in [0.25, 0.3) is 20.4 Å². The summed E-state index contributed by atoms with van der Waals surface area (Å²) >= 11 is 9.39. The number of carbonyl (C=O) groups is 2. The van der Waals surface area contributed by atoms with E-state index in [1.165, 1.54) is 22.0 Å². The summed E-state index contributed by atoms with van der Waals surface area (Å²) in [6.45, 7) is 0.353. The molecule has 176 valence electrons. The van der Waals surface area contributed by atoms with Crippen molar-refractivity contribution in [3.05, 3.63) is 33.9 Å². The molecule has 34 heavy (non-hydrogen) atoms. The van der Waals surface area contributed by atoms with Gasteiger partial charge in [-0.05, 0) is 48.5 Å². The van der Waals surface area contributed by atoms with E-state index < -0.39 is 0 Å². The van der Waals surface area contributed by atoms with Gasteiger partial charge >= 0.3 is 0 Å². The number of halogens is 1. The minimum atomic E-state index is -0.116. The fraction of sp³-hybridized carbons (Fsp3) is 0.364. The molecular formula is C22H22ClN7O2S2. The van der Waals surface area contributed by atoms with Crippen molar-refractivity contribution in [1.82, 2.24) is 29.8 Å². The fourth-order valence-corrected chi connectivity index (χ4v) is 6.17. The monoisotopic (exact) mass is 515 g/mol. The molecule has 2 N–H and O–H groups in total. The first-order valence-corrected chi connectivity index (χ1v) is 12.8. The summed E-state index contributed by atoms with van der Waals surface area (Å²) in [5.41, 5.74) is 2.68. The largest absolute Gasteiger partial charge is 0.355 e. The molecule has 0 fully saturated rings. The maximum atomic E-state index is 12.7. The summed E-state index contributed by atoms with van der Waals surface area (Å²) in [4.78, 5) is 37.0. The first kappa shape index (κ1) is 22.9. The number of fused-ring (bicyclic) bond motifs is 4. The lowest BCUT2D eigenvalue weighted by Crippen LogP contribution is -2.36. The normalized spacial score (nSPS) is 15.3. The molecule has 0 spiro atoms. The molecule has 3 aromatic heterocycles. The quantitative estimate of drug-likeness (QED) is 0.401. The van der Waals surface area contributed by atoms with Crippen molar-refractivity contribution in [3.8, 4) is 0 Å². The van der Waals surface area contributed by atoms with Crippen LogP contribution in [0.5, 0.6) is 0 Å². The fourth-order valence-electron chi connectivity index (χ4n) is 4.12. The van der Waals surface area contributed by atoms with Crippen molar-refractivity contribution in [2.45, 2.75) is 25.7 Å². The number of nitrogens with zero attached hydrogens (tertiary/aromatic N) is 5. The highest BCUT2D eigenvalue weighted by Gasteiger charge is 2.29.